The van der Waals surface area contributed by atoms with E-state index in [0.717, 1.165) is 20.3 Å². The van der Waals surface area contributed by atoms with Gasteiger partial charge in [0.1, 0.15) is 17.6 Å². The van der Waals surface area contributed by atoms with Gasteiger partial charge < -0.3 is 15.0 Å². The van der Waals surface area contributed by atoms with Gasteiger partial charge in [-0.2, -0.15) is 4.98 Å². The van der Waals surface area contributed by atoms with Gasteiger partial charge in [0.25, 0.3) is 12.3 Å². The standard InChI is InChI=1S/C21H21F5N8O/c1-32-6-5-15(21(25,26)10-32)27-20-28-19(35-2)18-17(12(22)8-34(18)30-20)11-3-4-13-14(7-11)33(31-29-13)9-16(23)24/h3-4,7-8,15-16H,5-6,9-10H2,1-2H3,(H,27,30)/i1D3. The summed E-state index contributed by atoms with van der Waals surface area (Å²) in [6.45, 7) is -4.44. The summed E-state index contributed by atoms with van der Waals surface area (Å²) in [5, 5.41) is 14.2. The van der Waals surface area contributed by atoms with E-state index in [0.29, 0.717) is 5.52 Å². The molecule has 1 N–H and O–H groups in total. The van der Waals surface area contributed by atoms with E-state index in [9.17, 15) is 17.6 Å². The van der Waals surface area contributed by atoms with Crippen molar-refractivity contribution in [2.45, 2.75) is 31.4 Å². The van der Waals surface area contributed by atoms with Gasteiger partial charge in [0.2, 0.25) is 11.8 Å². The van der Waals surface area contributed by atoms with E-state index >= 15 is 4.39 Å². The highest BCUT2D eigenvalue weighted by molar-refractivity contribution is 5.89. The van der Waals surface area contributed by atoms with Gasteiger partial charge in [0.05, 0.1) is 37.0 Å². The fourth-order valence-corrected chi connectivity index (χ4v) is 4.16. The number of fused-ring (bicyclic) bond motifs is 2. The molecule has 0 aliphatic carbocycles. The second kappa shape index (κ2) is 8.59. The first-order chi connectivity index (χ1) is 17.9. The molecule has 0 spiro atoms. The van der Waals surface area contributed by atoms with Crippen molar-refractivity contribution in [3.05, 3.63) is 30.2 Å². The smallest absolute Gasteiger partial charge is 0.280 e. The fraction of sp³-hybridized carbons (Fsp3) is 0.429. The highest BCUT2D eigenvalue weighted by Crippen LogP contribution is 2.36. The van der Waals surface area contributed by atoms with E-state index in [-0.39, 0.29) is 47.0 Å². The molecule has 0 radical (unpaired) electrons. The van der Waals surface area contributed by atoms with Crippen molar-refractivity contribution in [1.29, 1.82) is 0 Å². The second-order valence-electron chi connectivity index (χ2n) is 8.12. The van der Waals surface area contributed by atoms with Crippen LogP contribution >= 0.6 is 0 Å². The Kier molecular flexibility index (Phi) is 4.84. The minimum atomic E-state index is -3.42. The first kappa shape index (κ1) is 19.7. The predicted molar refractivity (Wildman–Crippen MR) is 116 cm³/mol. The zero-order valence-electron chi connectivity index (χ0n) is 21.2. The van der Waals surface area contributed by atoms with Crippen molar-refractivity contribution in [2.24, 2.45) is 0 Å². The van der Waals surface area contributed by atoms with Crippen LogP contribution in [0.4, 0.5) is 27.9 Å². The Hall–Kier alpha value is -3.55. The number of nitrogens with zero attached hydrogens (tertiary/aromatic N) is 7. The van der Waals surface area contributed by atoms with Gasteiger partial charge in [0, 0.05) is 10.7 Å². The zero-order valence-corrected chi connectivity index (χ0v) is 18.2. The highest BCUT2D eigenvalue weighted by Gasteiger charge is 2.44. The molecule has 1 atom stereocenters. The number of piperidine rings is 1. The third-order valence-corrected chi connectivity index (χ3v) is 5.76. The number of likely N-dealkylation sites (tertiary alicyclic amines) is 1. The molecular formula is C21H21F5N8O. The third kappa shape index (κ3) is 4.22. The van der Waals surface area contributed by atoms with Crippen LogP contribution in [0.1, 0.15) is 10.5 Å². The van der Waals surface area contributed by atoms with Crippen LogP contribution < -0.4 is 10.1 Å². The van der Waals surface area contributed by atoms with Crippen molar-refractivity contribution < 1.29 is 30.8 Å². The SMILES string of the molecule is [2H]C([2H])([2H])N1CCC(Nc2nc(OC)c3c(-c4ccc5nnn(CC(F)F)c5c4)c(F)cn3n2)C(F)(F)C1. The molecule has 1 fully saturated rings. The van der Waals surface area contributed by atoms with Crippen LogP contribution in [0.2, 0.25) is 0 Å². The van der Waals surface area contributed by atoms with E-state index in [1.54, 1.807) is 0 Å². The lowest BCUT2D eigenvalue weighted by Gasteiger charge is -2.36. The van der Waals surface area contributed by atoms with E-state index in [1.165, 1.54) is 25.3 Å². The average molecular weight is 499 g/mol. The Morgan fingerprint density at radius 2 is 2.17 bits per heavy atom. The lowest BCUT2D eigenvalue weighted by atomic mass is 10.0. The molecule has 0 amide bonds. The molecule has 1 aliphatic heterocycles. The molecule has 186 valence electrons. The molecular weight excluding hydrogens is 475 g/mol. The predicted octanol–water partition coefficient (Wildman–Crippen LogP) is 3.31. The topological polar surface area (TPSA) is 85.4 Å². The zero-order chi connectivity index (χ0) is 27.4. The molecule has 35 heavy (non-hydrogen) atoms. The minimum absolute atomic E-state index is 0.00332. The quantitative estimate of drug-likeness (QED) is 0.408. The Bertz CT molecular complexity index is 1490. The summed E-state index contributed by atoms with van der Waals surface area (Å²) >= 11 is 0. The summed E-state index contributed by atoms with van der Waals surface area (Å²) < 4.78 is 100. The number of halogens is 5. The largest absolute Gasteiger partial charge is 0.479 e. The number of hydrogen-bond donors (Lipinski definition) is 1. The van der Waals surface area contributed by atoms with Crippen molar-refractivity contribution in [3.63, 3.8) is 0 Å². The van der Waals surface area contributed by atoms with Gasteiger partial charge in [0.15, 0.2) is 5.82 Å². The van der Waals surface area contributed by atoms with Crippen molar-refractivity contribution in [1.82, 2.24) is 34.5 Å². The molecule has 3 aromatic heterocycles. The molecule has 0 bridgehead atoms. The van der Waals surface area contributed by atoms with Crippen LogP contribution in [-0.2, 0) is 6.54 Å². The number of aromatic nitrogens is 6. The molecule has 9 nitrogen and oxygen atoms in total. The summed E-state index contributed by atoms with van der Waals surface area (Å²) in [5.41, 5.74) is 0.938. The summed E-state index contributed by atoms with van der Waals surface area (Å²) in [5.74, 6) is -4.59. The second-order valence-corrected chi connectivity index (χ2v) is 8.12. The molecule has 1 unspecified atom stereocenters. The number of methoxy groups -OCH3 is 1. The van der Waals surface area contributed by atoms with E-state index in [2.05, 4.69) is 25.7 Å². The van der Waals surface area contributed by atoms with Crippen molar-refractivity contribution >= 4 is 22.5 Å². The van der Waals surface area contributed by atoms with Crippen molar-refractivity contribution in [2.75, 3.05) is 32.5 Å². The normalized spacial score (nSPS) is 20.2. The number of anilines is 1. The summed E-state index contributed by atoms with van der Waals surface area (Å²) in [7, 11) is 1.26. The molecule has 14 heteroatoms. The molecule has 4 heterocycles. The number of nitrogens with one attached hydrogen (secondary N) is 1. The molecule has 1 saturated heterocycles. The summed E-state index contributed by atoms with van der Waals surface area (Å²) in [6, 6.07) is 2.99. The highest BCUT2D eigenvalue weighted by atomic mass is 19.3. The van der Waals surface area contributed by atoms with E-state index in [4.69, 9.17) is 8.85 Å². The lowest BCUT2D eigenvalue weighted by molar-refractivity contribution is -0.0675. The Morgan fingerprint density at radius 3 is 2.89 bits per heavy atom. The van der Waals surface area contributed by atoms with Gasteiger partial charge >= 0.3 is 0 Å². The van der Waals surface area contributed by atoms with Gasteiger partial charge in [-0.05, 0) is 31.1 Å². The van der Waals surface area contributed by atoms with Crippen LogP contribution in [0.3, 0.4) is 0 Å². The first-order valence-electron chi connectivity index (χ1n) is 12.0. The van der Waals surface area contributed by atoms with Gasteiger partial charge in [-0.25, -0.2) is 31.1 Å². The van der Waals surface area contributed by atoms with Crippen LogP contribution in [0, 0.1) is 5.82 Å². The molecule has 4 aromatic rings. The molecule has 1 aliphatic rings. The monoisotopic (exact) mass is 499 g/mol. The number of hydrogen-bond acceptors (Lipinski definition) is 7. The third-order valence-electron chi connectivity index (χ3n) is 5.76. The van der Waals surface area contributed by atoms with Crippen LogP contribution in [-0.4, -0.2) is 80.1 Å². The Balaban J connectivity index is 1.51. The summed E-state index contributed by atoms with van der Waals surface area (Å²) in [4.78, 5) is 4.86. The lowest BCUT2D eigenvalue weighted by Crippen LogP contribution is -2.53. The molecule has 5 rings (SSSR count). The number of benzene rings is 1. The first-order valence-corrected chi connectivity index (χ1v) is 10.5. The number of alkyl halides is 4. The van der Waals surface area contributed by atoms with E-state index in [1.807, 2.05) is 0 Å². The van der Waals surface area contributed by atoms with Crippen LogP contribution in [0.5, 0.6) is 5.88 Å². The van der Waals surface area contributed by atoms with Gasteiger partial charge in [-0.15, -0.1) is 10.2 Å². The maximum Gasteiger partial charge on any atom is 0.280 e. The maximum atomic E-state index is 15.2. The summed E-state index contributed by atoms with van der Waals surface area (Å²) in [6.07, 6.45) is -1.88. The maximum absolute atomic E-state index is 15.2. The van der Waals surface area contributed by atoms with E-state index < -0.39 is 44.3 Å². The average Bonchev–Trinajstić information content (AvgIpc) is 3.38. The minimum Gasteiger partial charge on any atom is -0.479 e. The molecule has 1 aromatic carbocycles. The van der Waals surface area contributed by atoms with Crippen LogP contribution in [0.25, 0.3) is 27.7 Å². The van der Waals surface area contributed by atoms with Crippen LogP contribution in [0.15, 0.2) is 24.4 Å². The number of ether oxygens (including phenoxy) is 1. The van der Waals surface area contributed by atoms with Gasteiger partial charge in [-0.1, -0.05) is 11.3 Å². The number of rotatable bonds is 6. The van der Waals surface area contributed by atoms with Crippen molar-refractivity contribution in [3.8, 4) is 17.0 Å². The molecule has 0 saturated carbocycles. The Morgan fingerprint density at radius 1 is 1.34 bits per heavy atom. The Labute approximate surface area is 199 Å². The van der Waals surface area contributed by atoms with Gasteiger partial charge in [-0.3, -0.25) is 0 Å². The fourth-order valence-electron chi connectivity index (χ4n) is 4.16.